The van der Waals surface area contributed by atoms with E-state index < -0.39 is 23.5 Å². The second kappa shape index (κ2) is 12.2. The maximum atomic E-state index is 11.7. The van der Waals surface area contributed by atoms with Gasteiger partial charge in [-0.15, -0.1) is 6.58 Å². The normalized spacial score (nSPS) is 28.9. The molecule has 0 amide bonds. The van der Waals surface area contributed by atoms with Crippen LogP contribution in [0.2, 0.25) is 0 Å². The molecule has 10 heteroatoms. The van der Waals surface area contributed by atoms with Crippen molar-refractivity contribution in [2.24, 2.45) is 5.92 Å². The number of aliphatic hydroxyl groups is 1. The van der Waals surface area contributed by atoms with Gasteiger partial charge in [-0.05, 0) is 44.1 Å². The van der Waals surface area contributed by atoms with E-state index in [9.17, 15) is 15.0 Å². The molecule has 222 valence electrons. The number of benzene rings is 1. The van der Waals surface area contributed by atoms with Crippen LogP contribution in [-0.4, -0.2) is 81.1 Å². The predicted molar refractivity (Wildman–Crippen MR) is 146 cm³/mol. The summed E-state index contributed by atoms with van der Waals surface area (Å²) in [7, 11) is 4.41. The summed E-state index contributed by atoms with van der Waals surface area (Å²) < 4.78 is 41.7. The molecule has 2 fully saturated rings. The van der Waals surface area contributed by atoms with Crippen LogP contribution in [0, 0.1) is 12.8 Å². The van der Waals surface area contributed by atoms with Crippen molar-refractivity contribution in [1.82, 2.24) is 0 Å². The Balaban J connectivity index is 1.87. The Labute approximate surface area is 235 Å². The van der Waals surface area contributed by atoms with E-state index in [0.717, 1.165) is 18.3 Å². The van der Waals surface area contributed by atoms with Crippen molar-refractivity contribution in [2.75, 3.05) is 41.2 Å². The summed E-state index contributed by atoms with van der Waals surface area (Å²) in [5, 5.41) is 24.4. The standard InChI is InChI=1S/C30H42O10/c1-7-8-11-14-37-29(18-39-30(33,27(35-5)36-6)28(29)17-38-28)40-23-16-19(2)15-22-24(23)25(32)20(3)21(26(22)34-4)12-9-10-13-31/h7,13,15,19,27,32-33H,1,8-12,14,16-18H2,2-6H3. The maximum Gasteiger partial charge on any atom is 0.271 e. The second-order valence-electron chi connectivity index (χ2n) is 10.6. The van der Waals surface area contributed by atoms with Crippen molar-refractivity contribution in [3.63, 3.8) is 0 Å². The quantitative estimate of drug-likeness (QED) is 0.108. The van der Waals surface area contributed by atoms with Crippen molar-refractivity contribution in [3.8, 4) is 11.5 Å². The molecule has 3 aliphatic rings. The Hall–Kier alpha value is -2.47. The van der Waals surface area contributed by atoms with Gasteiger partial charge in [0.15, 0.2) is 0 Å². The molecule has 0 saturated carbocycles. The minimum Gasteiger partial charge on any atom is -0.507 e. The number of hydrogen-bond donors (Lipinski definition) is 2. The van der Waals surface area contributed by atoms with Crippen molar-refractivity contribution in [2.45, 2.75) is 75.8 Å². The summed E-state index contributed by atoms with van der Waals surface area (Å²) in [4.78, 5) is 10.9. The van der Waals surface area contributed by atoms with Crippen LogP contribution in [0.15, 0.2) is 12.7 Å². The minimum atomic E-state index is -2.01. The van der Waals surface area contributed by atoms with Crippen LogP contribution in [0.5, 0.6) is 11.5 Å². The van der Waals surface area contributed by atoms with Crippen molar-refractivity contribution in [3.05, 3.63) is 34.2 Å². The smallest absolute Gasteiger partial charge is 0.271 e. The molecule has 4 unspecified atom stereocenters. The van der Waals surface area contributed by atoms with E-state index in [1.165, 1.54) is 14.2 Å². The van der Waals surface area contributed by atoms with Crippen LogP contribution in [0.3, 0.4) is 0 Å². The first-order valence-electron chi connectivity index (χ1n) is 13.8. The Kier molecular flexibility index (Phi) is 9.28. The average Bonchev–Trinajstić information content (AvgIpc) is 3.72. The molecule has 4 atom stereocenters. The topological polar surface area (TPSA) is 125 Å². The third-order valence-corrected chi connectivity index (χ3v) is 8.06. The van der Waals surface area contributed by atoms with Gasteiger partial charge in [0.2, 0.25) is 11.9 Å². The van der Waals surface area contributed by atoms with E-state index in [4.69, 9.17) is 33.2 Å². The van der Waals surface area contributed by atoms with E-state index in [2.05, 4.69) is 12.7 Å². The summed E-state index contributed by atoms with van der Waals surface area (Å²) in [5.41, 5.74) is 0.0672. The van der Waals surface area contributed by atoms with Gasteiger partial charge in [-0.3, -0.25) is 0 Å². The second-order valence-corrected chi connectivity index (χ2v) is 10.6. The van der Waals surface area contributed by atoms with E-state index in [1.807, 2.05) is 13.8 Å². The van der Waals surface area contributed by atoms with Crippen LogP contribution >= 0.6 is 0 Å². The SMILES string of the molecule is C=CCCCOC1(OC2=c3c(O)c(C)c(CCCC=O)c(OC)c3=CC(C)C2)COC(O)(C(OC)OC)C12CO2. The monoisotopic (exact) mass is 562 g/mol. The van der Waals surface area contributed by atoms with Gasteiger partial charge in [0.05, 0.1) is 25.5 Å². The highest BCUT2D eigenvalue weighted by atomic mass is 16.8. The van der Waals surface area contributed by atoms with Gasteiger partial charge in [-0.2, -0.15) is 0 Å². The van der Waals surface area contributed by atoms with E-state index in [-0.39, 0.29) is 31.5 Å². The van der Waals surface area contributed by atoms with Crippen molar-refractivity contribution < 1.29 is 48.2 Å². The summed E-state index contributed by atoms with van der Waals surface area (Å²) in [5.74, 6) is -2.35. The third-order valence-electron chi connectivity index (χ3n) is 8.06. The lowest BCUT2D eigenvalue weighted by Gasteiger charge is -2.39. The van der Waals surface area contributed by atoms with Gasteiger partial charge >= 0.3 is 0 Å². The van der Waals surface area contributed by atoms with Crippen LogP contribution in [0.25, 0.3) is 11.8 Å². The minimum absolute atomic E-state index is 0.0297. The van der Waals surface area contributed by atoms with Gasteiger partial charge in [-0.1, -0.05) is 19.1 Å². The lowest BCUT2D eigenvalue weighted by atomic mass is 9.89. The molecule has 10 nitrogen and oxygen atoms in total. The van der Waals surface area contributed by atoms with Crippen LogP contribution in [0.1, 0.15) is 50.2 Å². The van der Waals surface area contributed by atoms with Crippen molar-refractivity contribution in [1.29, 1.82) is 0 Å². The molecule has 1 aromatic carbocycles. The number of fused-ring (bicyclic) bond motifs is 1. The number of hydrogen-bond acceptors (Lipinski definition) is 10. The summed E-state index contributed by atoms with van der Waals surface area (Å²) in [6.45, 7) is 7.85. The Morgan fingerprint density at radius 3 is 2.50 bits per heavy atom. The molecule has 0 bridgehead atoms. The summed E-state index contributed by atoms with van der Waals surface area (Å²) in [6, 6.07) is 0. The first-order chi connectivity index (χ1) is 19.2. The number of unbranched alkanes of at least 4 members (excludes halogenated alkanes) is 2. The van der Waals surface area contributed by atoms with Gasteiger partial charge < -0.3 is 48.2 Å². The molecule has 40 heavy (non-hydrogen) atoms. The fourth-order valence-corrected chi connectivity index (χ4v) is 5.92. The third kappa shape index (κ3) is 4.95. The maximum absolute atomic E-state index is 11.7. The molecule has 1 spiro atoms. The van der Waals surface area contributed by atoms with Crippen LogP contribution in [0.4, 0.5) is 0 Å². The zero-order chi connectivity index (χ0) is 29.1. The molecule has 0 aromatic heterocycles. The molecule has 2 aliphatic heterocycles. The molecule has 2 saturated heterocycles. The zero-order valence-electron chi connectivity index (χ0n) is 24.1. The molecule has 1 aliphatic carbocycles. The molecular formula is C30H42O10. The predicted octanol–water partition coefficient (Wildman–Crippen LogP) is 1.96. The lowest BCUT2D eigenvalue weighted by molar-refractivity contribution is -0.332. The molecule has 2 N–H and O–H groups in total. The number of ether oxygens (including phenoxy) is 7. The summed E-state index contributed by atoms with van der Waals surface area (Å²) >= 11 is 0. The van der Waals surface area contributed by atoms with Gasteiger partial charge in [0, 0.05) is 37.8 Å². The highest BCUT2D eigenvalue weighted by Gasteiger charge is 2.84. The number of rotatable bonds is 15. The number of aromatic hydroxyl groups is 1. The number of phenols is 1. The van der Waals surface area contributed by atoms with Gasteiger partial charge in [-0.25, -0.2) is 0 Å². The highest BCUT2D eigenvalue weighted by Crippen LogP contribution is 2.58. The fourth-order valence-electron chi connectivity index (χ4n) is 5.92. The van der Waals surface area contributed by atoms with Crippen LogP contribution in [-0.2, 0) is 39.6 Å². The lowest BCUT2D eigenvalue weighted by Crippen LogP contribution is -2.62. The molecule has 2 heterocycles. The number of carbonyl (C=O) groups is 1. The van der Waals surface area contributed by atoms with E-state index in [0.29, 0.717) is 59.6 Å². The van der Waals surface area contributed by atoms with Gasteiger partial charge in [0.25, 0.3) is 11.6 Å². The van der Waals surface area contributed by atoms with E-state index in [1.54, 1.807) is 13.2 Å². The fraction of sp³-hybridized carbons (Fsp3) is 0.633. The van der Waals surface area contributed by atoms with Crippen molar-refractivity contribution >= 4 is 18.1 Å². The number of allylic oxidation sites excluding steroid dienone is 1. The number of phenolic OH excluding ortho intramolecular Hbond substituents is 1. The van der Waals surface area contributed by atoms with Crippen LogP contribution < -0.4 is 15.2 Å². The molecule has 0 radical (unpaired) electrons. The molecule has 4 rings (SSSR count). The Bertz CT molecular complexity index is 1220. The first-order valence-corrected chi connectivity index (χ1v) is 13.8. The Morgan fingerprint density at radius 2 is 1.90 bits per heavy atom. The average molecular weight is 563 g/mol. The largest absolute Gasteiger partial charge is 0.507 e. The van der Waals surface area contributed by atoms with E-state index >= 15 is 0 Å². The number of carbonyl (C=O) groups excluding carboxylic acids is 1. The van der Waals surface area contributed by atoms with Gasteiger partial charge in [0.1, 0.15) is 30.2 Å². The molecular weight excluding hydrogens is 520 g/mol. The number of methoxy groups -OCH3 is 3. The number of epoxide rings is 1. The first kappa shape index (κ1) is 30.5. The summed E-state index contributed by atoms with van der Waals surface area (Å²) in [6.07, 6.45) is 7.06. The highest BCUT2D eigenvalue weighted by molar-refractivity contribution is 5.61. The Morgan fingerprint density at radius 1 is 1.18 bits per heavy atom. The number of aldehydes is 1. The zero-order valence-corrected chi connectivity index (χ0v) is 24.1. The molecule has 1 aromatic rings.